The van der Waals surface area contributed by atoms with Crippen LogP contribution in [0.2, 0.25) is 0 Å². The minimum Gasteiger partial charge on any atom is -0.756 e. The van der Waals surface area contributed by atoms with Crippen molar-refractivity contribution in [2.45, 2.75) is 180 Å². The maximum Gasteiger partial charge on any atom is 0.306 e. The number of quaternary nitrogens is 1. The van der Waals surface area contributed by atoms with Gasteiger partial charge in [0, 0.05) is 12.8 Å². The minimum absolute atomic E-state index is 0.0382. The lowest BCUT2D eigenvalue weighted by Crippen LogP contribution is -2.37. The highest BCUT2D eigenvalue weighted by Crippen LogP contribution is 2.38. The fourth-order valence-corrected chi connectivity index (χ4v) is 6.55. The van der Waals surface area contributed by atoms with E-state index in [4.69, 9.17) is 18.5 Å². The van der Waals surface area contributed by atoms with Crippen LogP contribution in [-0.4, -0.2) is 70.0 Å². The lowest BCUT2D eigenvalue weighted by Gasteiger charge is -2.28. The topological polar surface area (TPSA) is 111 Å². The standard InChI is InChI=1S/C47H84NO8P/c1-6-8-10-12-14-16-18-20-21-22-23-24-25-26-28-29-31-33-35-37-39-46(49)53-43-45(44-55-57(51,52)54-42-41-48(3,4)5)56-47(50)40-38-36-34-32-30-27-19-17-15-13-11-9-7-2/h9,11,13,15-21,45H,6-8,10,12,14,22-44H2,1-5H3/b11-9+,15-13+,18-16+,19-17+,21-20+. The van der Waals surface area contributed by atoms with Gasteiger partial charge in [0.05, 0.1) is 27.7 Å². The molecule has 0 saturated carbocycles. The van der Waals surface area contributed by atoms with Crippen molar-refractivity contribution in [2.24, 2.45) is 0 Å². The Morgan fingerprint density at radius 1 is 0.561 bits per heavy atom. The van der Waals surface area contributed by atoms with E-state index >= 15 is 0 Å². The number of likely N-dealkylation sites (N-methyl/N-ethyl adjacent to an activating group) is 1. The van der Waals surface area contributed by atoms with E-state index in [1.807, 2.05) is 39.4 Å². The van der Waals surface area contributed by atoms with Crippen LogP contribution in [0, 0.1) is 0 Å². The molecule has 0 aliphatic rings. The van der Waals surface area contributed by atoms with E-state index in [1.54, 1.807) is 0 Å². The highest BCUT2D eigenvalue weighted by Gasteiger charge is 2.21. The molecule has 330 valence electrons. The second kappa shape index (κ2) is 39.2. The van der Waals surface area contributed by atoms with Crippen LogP contribution in [0.25, 0.3) is 0 Å². The molecule has 0 saturated heterocycles. The van der Waals surface area contributed by atoms with Crippen LogP contribution in [0.15, 0.2) is 60.8 Å². The summed E-state index contributed by atoms with van der Waals surface area (Å²) in [5.74, 6) is -0.866. The molecule has 2 unspecified atom stereocenters. The molecule has 0 fully saturated rings. The zero-order chi connectivity index (χ0) is 42.1. The van der Waals surface area contributed by atoms with E-state index in [1.165, 1.54) is 70.6 Å². The number of unbranched alkanes of at least 4 members (excludes halogenated alkanes) is 19. The van der Waals surface area contributed by atoms with Crippen LogP contribution in [0.5, 0.6) is 0 Å². The number of carbonyl (C=O) groups excluding carboxylic acids is 2. The Morgan fingerprint density at radius 2 is 1.00 bits per heavy atom. The van der Waals surface area contributed by atoms with Crippen LogP contribution in [0.4, 0.5) is 0 Å². The second-order valence-electron chi connectivity index (χ2n) is 16.1. The Labute approximate surface area is 349 Å². The zero-order valence-electron chi connectivity index (χ0n) is 37.0. The molecule has 0 aromatic carbocycles. The van der Waals surface area contributed by atoms with Gasteiger partial charge in [-0.05, 0) is 57.8 Å². The van der Waals surface area contributed by atoms with Gasteiger partial charge in [-0.2, -0.15) is 0 Å². The third kappa shape index (κ3) is 43.1. The normalized spacial score (nSPS) is 14.1. The highest BCUT2D eigenvalue weighted by molar-refractivity contribution is 7.45. The van der Waals surface area contributed by atoms with Crippen molar-refractivity contribution in [1.82, 2.24) is 0 Å². The van der Waals surface area contributed by atoms with E-state index in [-0.39, 0.29) is 26.1 Å². The number of rotatable bonds is 40. The van der Waals surface area contributed by atoms with E-state index in [9.17, 15) is 19.0 Å². The van der Waals surface area contributed by atoms with E-state index in [0.29, 0.717) is 17.4 Å². The van der Waals surface area contributed by atoms with Crippen molar-refractivity contribution >= 4 is 19.8 Å². The van der Waals surface area contributed by atoms with Gasteiger partial charge in [0.1, 0.15) is 19.8 Å². The van der Waals surface area contributed by atoms with E-state index < -0.39 is 32.5 Å². The largest absolute Gasteiger partial charge is 0.756 e. The van der Waals surface area contributed by atoms with Gasteiger partial charge in [0.25, 0.3) is 7.82 Å². The van der Waals surface area contributed by atoms with Crippen molar-refractivity contribution in [3.05, 3.63) is 60.8 Å². The van der Waals surface area contributed by atoms with E-state index in [2.05, 4.69) is 56.4 Å². The number of phosphoric acid groups is 1. The quantitative estimate of drug-likeness (QED) is 0.0197. The Balaban J connectivity index is 4.32. The summed E-state index contributed by atoms with van der Waals surface area (Å²) >= 11 is 0. The average molecular weight is 822 g/mol. The zero-order valence-corrected chi connectivity index (χ0v) is 37.9. The van der Waals surface area contributed by atoms with Gasteiger partial charge in [0.2, 0.25) is 0 Å². The summed E-state index contributed by atoms with van der Waals surface area (Å²) in [6, 6.07) is 0. The molecule has 57 heavy (non-hydrogen) atoms. The third-order valence-corrected chi connectivity index (χ3v) is 10.3. The van der Waals surface area contributed by atoms with Gasteiger partial charge in [-0.25, -0.2) is 0 Å². The smallest absolute Gasteiger partial charge is 0.306 e. The Hall–Kier alpha value is -2.29. The van der Waals surface area contributed by atoms with Gasteiger partial charge < -0.3 is 27.9 Å². The fraction of sp³-hybridized carbons (Fsp3) is 0.745. The summed E-state index contributed by atoms with van der Waals surface area (Å²) in [5, 5.41) is 0. The molecule has 0 rings (SSSR count). The first kappa shape index (κ1) is 54.7. The molecular weight excluding hydrogens is 737 g/mol. The lowest BCUT2D eigenvalue weighted by molar-refractivity contribution is -0.870. The molecule has 0 aromatic heterocycles. The fourth-order valence-electron chi connectivity index (χ4n) is 5.82. The molecular formula is C47H84NO8P. The summed E-state index contributed by atoms with van der Waals surface area (Å²) < 4.78 is 33.9. The van der Waals surface area contributed by atoms with Crippen molar-refractivity contribution in [1.29, 1.82) is 0 Å². The summed E-state index contributed by atoms with van der Waals surface area (Å²) in [6.45, 7) is 4.04. The van der Waals surface area contributed by atoms with Crippen LogP contribution < -0.4 is 4.89 Å². The molecule has 0 bridgehead atoms. The Kier molecular flexibility index (Phi) is 37.6. The van der Waals surface area contributed by atoms with Crippen molar-refractivity contribution in [2.75, 3.05) is 47.5 Å². The minimum atomic E-state index is -4.63. The number of carbonyl (C=O) groups is 2. The van der Waals surface area contributed by atoms with Crippen LogP contribution in [-0.2, 0) is 32.7 Å². The average Bonchev–Trinajstić information content (AvgIpc) is 3.16. The maximum absolute atomic E-state index is 12.7. The number of esters is 2. The number of ether oxygens (including phenoxy) is 2. The lowest BCUT2D eigenvalue weighted by atomic mass is 10.1. The molecule has 0 aliphatic carbocycles. The number of nitrogens with zero attached hydrogens (tertiary/aromatic N) is 1. The SMILES string of the molecule is CC/C=C/C=C/C=C/CCCCCCCC(=O)OC(COC(=O)CCCCCCCCCCCC/C=C/C=C/CCCCCC)COP(=O)([O-])OCC[N+](C)(C)C. The maximum atomic E-state index is 12.7. The first-order valence-corrected chi connectivity index (χ1v) is 24.0. The number of phosphoric ester groups is 1. The Morgan fingerprint density at radius 3 is 1.49 bits per heavy atom. The predicted octanol–water partition coefficient (Wildman–Crippen LogP) is 12.2. The van der Waals surface area contributed by atoms with Crippen LogP contribution >= 0.6 is 7.82 Å². The molecule has 0 aliphatic heterocycles. The van der Waals surface area contributed by atoms with Crippen LogP contribution in [0.3, 0.4) is 0 Å². The second-order valence-corrected chi connectivity index (χ2v) is 17.5. The van der Waals surface area contributed by atoms with Crippen molar-refractivity contribution in [3.63, 3.8) is 0 Å². The molecule has 2 atom stereocenters. The first-order chi connectivity index (χ1) is 27.5. The summed E-state index contributed by atoms with van der Waals surface area (Å²) in [4.78, 5) is 37.5. The Bertz CT molecular complexity index is 1160. The molecule has 0 N–H and O–H groups in total. The molecule has 0 amide bonds. The molecule has 0 radical (unpaired) electrons. The van der Waals surface area contributed by atoms with Gasteiger partial charge in [-0.15, -0.1) is 0 Å². The van der Waals surface area contributed by atoms with Gasteiger partial charge in [0.15, 0.2) is 6.10 Å². The van der Waals surface area contributed by atoms with Crippen LogP contribution in [0.1, 0.15) is 174 Å². The van der Waals surface area contributed by atoms with Gasteiger partial charge >= 0.3 is 11.9 Å². The van der Waals surface area contributed by atoms with Gasteiger partial charge in [-0.3, -0.25) is 14.2 Å². The predicted molar refractivity (Wildman–Crippen MR) is 236 cm³/mol. The molecule has 9 nitrogen and oxygen atoms in total. The summed E-state index contributed by atoms with van der Waals surface area (Å²) in [5.41, 5.74) is 0. The highest BCUT2D eigenvalue weighted by atomic mass is 31.2. The number of hydrogen-bond donors (Lipinski definition) is 0. The van der Waals surface area contributed by atoms with Gasteiger partial charge in [-0.1, -0.05) is 164 Å². The van der Waals surface area contributed by atoms with E-state index in [0.717, 1.165) is 70.6 Å². The molecule has 0 spiro atoms. The molecule has 0 heterocycles. The summed E-state index contributed by atoms with van der Waals surface area (Å²) in [6.07, 6.45) is 46.8. The number of hydrogen-bond acceptors (Lipinski definition) is 8. The monoisotopic (exact) mass is 822 g/mol. The molecule has 10 heteroatoms. The van der Waals surface area contributed by atoms with Crippen molar-refractivity contribution < 1.29 is 42.1 Å². The molecule has 0 aromatic rings. The number of allylic oxidation sites excluding steroid dienone is 10. The summed E-state index contributed by atoms with van der Waals surface area (Å²) in [7, 11) is 1.14. The third-order valence-electron chi connectivity index (χ3n) is 9.36. The first-order valence-electron chi connectivity index (χ1n) is 22.5. The van der Waals surface area contributed by atoms with Crippen molar-refractivity contribution in [3.8, 4) is 0 Å².